The Hall–Kier alpha value is -1.95. The van der Waals surface area contributed by atoms with E-state index in [1.54, 1.807) is 0 Å². The summed E-state index contributed by atoms with van der Waals surface area (Å²) in [6.07, 6.45) is 0.887. The van der Waals surface area contributed by atoms with Crippen molar-refractivity contribution in [3.05, 3.63) is 34.7 Å². The SMILES string of the molecule is CCc1cc(-c2nc3cc(F)c(F)cc3[nH]2)c(N)s1. The molecule has 0 amide bonds. The highest BCUT2D eigenvalue weighted by atomic mass is 32.1. The van der Waals surface area contributed by atoms with Gasteiger partial charge in [-0.05, 0) is 12.5 Å². The molecule has 0 fully saturated rings. The van der Waals surface area contributed by atoms with E-state index in [1.165, 1.54) is 11.3 Å². The zero-order valence-corrected chi connectivity index (χ0v) is 10.9. The van der Waals surface area contributed by atoms with Crippen molar-refractivity contribution in [2.24, 2.45) is 0 Å². The van der Waals surface area contributed by atoms with E-state index in [4.69, 9.17) is 5.73 Å². The highest BCUT2D eigenvalue weighted by Gasteiger charge is 2.13. The van der Waals surface area contributed by atoms with Crippen molar-refractivity contribution < 1.29 is 8.78 Å². The number of nitrogens with zero attached hydrogens (tertiary/aromatic N) is 1. The Bertz CT molecular complexity index is 722. The van der Waals surface area contributed by atoms with Crippen LogP contribution in [-0.4, -0.2) is 9.97 Å². The first-order valence-electron chi connectivity index (χ1n) is 5.81. The van der Waals surface area contributed by atoms with E-state index in [1.807, 2.05) is 13.0 Å². The molecular weight excluding hydrogens is 268 g/mol. The molecule has 3 nitrogen and oxygen atoms in total. The van der Waals surface area contributed by atoms with Gasteiger partial charge < -0.3 is 10.7 Å². The van der Waals surface area contributed by atoms with Gasteiger partial charge in [0, 0.05) is 17.0 Å². The molecular formula is C13H11F2N3S. The number of thiophene rings is 1. The topological polar surface area (TPSA) is 54.7 Å². The number of aryl methyl sites for hydroxylation is 1. The quantitative estimate of drug-likeness (QED) is 0.751. The van der Waals surface area contributed by atoms with E-state index in [0.29, 0.717) is 21.9 Å². The Morgan fingerprint density at radius 3 is 2.68 bits per heavy atom. The average molecular weight is 279 g/mol. The first kappa shape index (κ1) is 12.1. The maximum atomic E-state index is 13.2. The van der Waals surface area contributed by atoms with Crippen LogP contribution in [0.5, 0.6) is 0 Å². The van der Waals surface area contributed by atoms with Crippen molar-refractivity contribution in [2.75, 3.05) is 5.73 Å². The summed E-state index contributed by atoms with van der Waals surface area (Å²) in [5, 5.41) is 0.650. The maximum absolute atomic E-state index is 13.2. The van der Waals surface area contributed by atoms with Crippen LogP contribution in [0, 0.1) is 11.6 Å². The first-order valence-corrected chi connectivity index (χ1v) is 6.63. The van der Waals surface area contributed by atoms with Crippen LogP contribution in [0.1, 0.15) is 11.8 Å². The molecule has 1 aromatic carbocycles. The lowest BCUT2D eigenvalue weighted by molar-refractivity contribution is 0.510. The summed E-state index contributed by atoms with van der Waals surface area (Å²) in [7, 11) is 0. The molecule has 2 heterocycles. The van der Waals surface area contributed by atoms with Gasteiger partial charge in [-0.1, -0.05) is 6.92 Å². The second kappa shape index (κ2) is 4.31. The minimum atomic E-state index is -0.905. The Labute approximate surface area is 112 Å². The van der Waals surface area contributed by atoms with Gasteiger partial charge >= 0.3 is 0 Å². The molecule has 3 aromatic rings. The monoisotopic (exact) mass is 279 g/mol. The minimum absolute atomic E-state index is 0.387. The molecule has 19 heavy (non-hydrogen) atoms. The Morgan fingerprint density at radius 1 is 1.26 bits per heavy atom. The molecule has 0 aliphatic rings. The molecule has 98 valence electrons. The van der Waals surface area contributed by atoms with Crippen LogP contribution < -0.4 is 5.73 Å². The summed E-state index contributed by atoms with van der Waals surface area (Å²) in [5.74, 6) is -1.26. The van der Waals surface area contributed by atoms with Gasteiger partial charge in [0.2, 0.25) is 0 Å². The fourth-order valence-electron chi connectivity index (χ4n) is 1.95. The standard InChI is InChI=1S/C13H11F2N3S/c1-2-6-3-7(12(16)19-6)13-17-10-4-8(14)9(15)5-11(10)18-13/h3-5H,2,16H2,1H3,(H,17,18). The molecule has 0 aliphatic carbocycles. The molecule has 2 aromatic heterocycles. The number of hydrogen-bond donors (Lipinski definition) is 2. The molecule has 6 heteroatoms. The molecule has 0 unspecified atom stereocenters. The number of H-pyrrole nitrogens is 1. The largest absolute Gasteiger partial charge is 0.390 e. The van der Waals surface area contributed by atoms with Gasteiger partial charge in [0.15, 0.2) is 11.6 Å². The van der Waals surface area contributed by atoms with Crippen molar-refractivity contribution in [1.29, 1.82) is 0 Å². The van der Waals surface area contributed by atoms with Crippen LogP contribution in [0.25, 0.3) is 22.4 Å². The highest BCUT2D eigenvalue weighted by Crippen LogP contribution is 2.33. The van der Waals surface area contributed by atoms with Gasteiger partial charge in [-0.3, -0.25) is 0 Å². The number of benzene rings is 1. The predicted molar refractivity (Wildman–Crippen MR) is 73.1 cm³/mol. The van der Waals surface area contributed by atoms with Crippen LogP contribution in [-0.2, 0) is 6.42 Å². The minimum Gasteiger partial charge on any atom is -0.390 e. The smallest absolute Gasteiger partial charge is 0.161 e. The fourth-order valence-corrected chi connectivity index (χ4v) is 2.82. The van der Waals surface area contributed by atoms with Crippen molar-refractivity contribution in [3.63, 3.8) is 0 Å². The van der Waals surface area contributed by atoms with Crippen molar-refractivity contribution in [2.45, 2.75) is 13.3 Å². The van der Waals surface area contributed by atoms with E-state index in [2.05, 4.69) is 9.97 Å². The molecule has 0 spiro atoms. The third kappa shape index (κ3) is 1.98. The van der Waals surface area contributed by atoms with Gasteiger partial charge in [0.1, 0.15) is 5.82 Å². The second-order valence-electron chi connectivity index (χ2n) is 4.21. The number of nitrogens with one attached hydrogen (secondary N) is 1. The van der Waals surface area contributed by atoms with E-state index in [-0.39, 0.29) is 0 Å². The Morgan fingerprint density at radius 2 is 2.00 bits per heavy atom. The maximum Gasteiger partial charge on any atom is 0.161 e. The number of rotatable bonds is 2. The third-order valence-electron chi connectivity index (χ3n) is 2.94. The van der Waals surface area contributed by atoms with Gasteiger partial charge in [0.05, 0.1) is 21.6 Å². The van der Waals surface area contributed by atoms with E-state index < -0.39 is 11.6 Å². The number of imidazole rings is 1. The highest BCUT2D eigenvalue weighted by molar-refractivity contribution is 7.16. The molecule has 0 radical (unpaired) electrons. The third-order valence-corrected chi connectivity index (χ3v) is 4.05. The summed E-state index contributed by atoms with van der Waals surface area (Å²) in [6, 6.07) is 4.13. The summed E-state index contributed by atoms with van der Waals surface area (Å²) < 4.78 is 26.3. The normalized spacial score (nSPS) is 11.3. The summed E-state index contributed by atoms with van der Waals surface area (Å²) in [4.78, 5) is 8.37. The fraction of sp³-hybridized carbons (Fsp3) is 0.154. The number of hydrogen-bond acceptors (Lipinski definition) is 3. The first-order chi connectivity index (χ1) is 9.08. The molecule has 3 rings (SSSR count). The summed E-state index contributed by atoms with van der Waals surface area (Å²) >= 11 is 1.50. The summed E-state index contributed by atoms with van der Waals surface area (Å²) in [5.41, 5.74) is 7.56. The number of halogens is 2. The number of fused-ring (bicyclic) bond motifs is 1. The Kier molecular flexibility index (Phi) is 2.74. The summed E-state index contributed by atoms with van der Waals surface area (Å²) in [6.45, 7) is 2.04. The number of nitrogens with two attached hydrogens (primary N) is 1. The van der Waals surface area contributed by atoms with Crippen LogP contribution >= 0.6 is 11.3 Å². The second-order valence-corrected chi connectivity index (χ2v) is 5.38. The van der Waals surface area contributed by atoms with Crippen LogP contribution in [0.3, 0.4) is 0 Å². The van der Waals surface area contributed by atoms with Crippen molar-refractivity contribution >= 4 is 27.4 Å². The molecule has 0 atom stereocenters. The molecule has 0 saturated carbocycles. The van der Waals surface area contributed by atoms with Gasteiger partial charge in [0.25, 0.3) is 0 Å². The lowest BCUT2D eigenvalue weighted by Crippen LogP contribution is -1.84. The van der Waals surface area contributed by atoms with Crippen LogP contribution in [0.15, 0.2) is 18.2 Å². The van der Waals surface area contributed by atoms with Gasteiger partial charge in [-0.15, -0.1) is 11.3 Å². The average Bonchev–Trinajstić information content (AvgIpc) is 2.93. The number of anilines is 1. The number of aromatic amines is 1. The lowest BCUT2D eigenvalue weighted by atomic mass is 10.2. The molecule has 0 saturated heterocycles. The molecule has 0 aliphatic heterocycles. The number of aromatic nitrogens is 2. The van der Waals surface area contributed by atoms with Crippen LogP contribution in [0.4, 0.5) is 13.8 Å². The zero-order valence-electron chi connectivity index (χ0n) is 10.1. The Balaban J connectivity index is 2.17. The van der Waals surface area contributed by atoms with E-state index >= 15 is 0 Å². The predicted octanol–water partition coefficient (Wildman–Crippen LogP) is 3.71. The van der Waals surface area contributed by atoms with Gasteiger partial charge in [-0.25, -0.2) is 13.8 Å². The molecule has 0 bridgehead atoms. The van der Waals surface area contributed by atoms with Gasteiger partial charge in [-0.2, -0.15) is 0 Å². The van der Waals surface area contributed by atoms with E-state index in [0.717, 1.165) is 29.0 Å². The van der Waals surface area contributed by atoms with Crippen LogP contribution in [0.2, 0.25) is 0 Å². The zero-order chi connectivity index (χ0) is 13.6. The lowest BCUT2D eigenvalue weighted by Gasteiger charge is -1.92. The van der Waals surface area contributed by atoms with Crippen molar-refractivity contribution in [3.8, 4) is 11.4 Å². The van der Waals surface area contributed by atoms with Crippen molar-refractivity contribution in [1.82, 2.24) is 9.97 Å². The van der Waals surface area contributed by atoms with E-state index in [9.17, 15) is 8.78 Å². The number of nitrogen functional groups attached to an aromatic ring is 1. The molecule has 3 N–H and O–H groups in total.